The molecule has 1 aromatic rings. The zero-order valence-electron chi connectivity index (χ0n) is 10.3. The second-order valence-electron chi connectivity index (χ2n) is 3.62. The summed E-state index contributed by atoms with van der Waals surface area (Å²) in [4.78, 5) is 14.9. The highest BCUT2D eigenvalue weighted by atomic mass is 32.1. The van der Waals surface area contributed by atoms with Crippen molar-refractivity contribution in [2.45, 2.75) is 6.42 Å². The van der Waals surface area contributed by atoms with Crippen molar-refractivity contribution in [1.29, 1.82) is 0 Å². The van der Waals surface area contributed by atoms with Crippen molar-refractivity contribution in [2.24, 2.45) is 0 Å². The maximum atomic E-state index is 12.0. The van der Waals surface area contributed by atoms with E-state index in [1.807, 2.05) is 17.5 Å². The van der Waals surface area contributed by atoms with Crippen molar-refractivity contribution in [2.75, 3.05) is 40.5 Å². The molecule has 1 rings (SSSR count). The fraction of sp³-hybridized carbons (Fsp3) is 0.583. The van der Waals surface area contributed by atoms with E-state index in [0.717, 1.165) is 4.88 Å². The number of methoxy groups -OCH3 is 2. The molecule has 4 nitrogen and oxygen atoms in total. The van der Waals surface area contributed by atoms with Crippen LogP contribution < -0.4 is 0 Å². The van der Waals surface area contributed by atoms with Crippen LogP contribution in [0.25, 0.3) is 0 Å². The molecule has 0 aliphatic heterocycles. The zero-order chi connectivity index (χ0) is 12.5. The Morgan fingerprint density at radius 3 is 2.41 bits per heavy atom. The van der Waals surface area contributed by atoms with Gasteiger partial charge in [-0.05, 0) is 11.4 Å². The van der Waals surface area contributed by atoms with Gasteiger partial charge in [0, 0.05) is 32.2 Å². The van der Waals surface area contributed by atoms with Crippen molar-refractivity contribution in [3.63, 3.8) is 0 Å². The van der Waals surface area contributed by atoms with Gasteiger partial charge in [0.15, 0.2) is 0 Å². The highest BCUT2D eigenvalue weighted by Gasteiger charge is 2.13. The third-order valence-electron chi connectivity index (χ3n) is 2.39. The van der Waals surface area contributed by atoms with Crippen LogP contribution in [0.4, 0.5) is 0 Å². The fourth-order valence-corrected chi connectivity index (χ4v) is 2.13. The minimum atomic E-state index is 0.126. The minimum Gasteiger partial charge on any atom is -0.383 e. The predicted octanol–water partition coefficient (Wildman–Crippen LogP) is 1.41. The SMILES string of the molecule is COCCN(CCOC)C(=O)Cc1cccs1. The molecular weight excluding hydrogens is 238 g/mol. The molecule has 0 aromatic carbocycles. The van der Waals surface area contributed by atoms with Crippen LogP contribution in [-0.2, 0) is 20.7 Å². The van der Waals surface area contributed by atoms with Crippen molar-refractivity contribution in [1.82, 2.24) is 4.90 Å². The fourth-order valence-electron chi connectivity index (χ4n) is 1.44. The van der Waals surface area contributed by atoms with E-state index in [-0.39, 0.29) is 5.91 Å². The average Bonchev–Trinajstić information content (AvgIpc) is 2.82. The molecule has 0 N–H and O–H groups in total. The summed E-state index contributed by atoms with van der Waals surface area (Å²) in [5, 5.41) is 1.98. The summed E-state index contributed by atoms with van der Waals surface area (Å²) in [5.41, 5.74) is 0. The maximum absolute atomic E-state index is 12.0. The normalized spacial score (nSPS) is 10.5. The molecule has 0 bridgehead atoms. The number of hydrogen-bond donors (Lipinski definition) is 0. The van der Waals surface area contributed by atoms with Crippen LogP contribution in [0.3, 0.4) is 0 Å². The van der Waals surface area contributed by atoms with Crippen LogP contribution in [0.1, 0.15) is 4.88 Å². The van der Waals surface area contributed by atoms with E-state index in [1.165, 1.54) is 0 Å². The molecule has 1 heterocycles. The Hall–Kier alpha value is -0.910. The lowest BCUT2D eigenvalue weighted by molar-refractivity contribution is -0.131. The highest BCUT2D eigenvalue weighted by molar-refractivity contribution is 7.10. The quantitative estimate of drug-likeness (QED) is 0.707. The van der Waals surface area contributed by atoms with Gasteiger partial charge in [0.1, 0.15) is 0 Å². The van der Waals surface area contributed by atoms with E-state index in [2.05, 4.69) is 0 Å². The van der Waals surface area contributed by atoms with E-state index < -0.39 is 0 Å². The standard InChI is InChI=1S/C12H19NO3S/c1-15-7-5-13(6-8-16-2)12(14)10-11-4-3-9-17-11/h3-4,9H,5-8,10H2,1-2H3. The summed E-state index contributed by atoms with van der Waals surface area (Å²) in [6.45, 7) is 2.34. The monoisotopic (exact) mass is 257 g/mol. The van der Waals surface area contributed by atoms with E-state index in [9.17, 15) is 4.79 Å². The van der Waals surface area contributed by atoms with Crippen molar-refractivity contribution < 1.29 is 14.3 Å². The summed E-state index contributed by atoms with van der Waals surface area (Å²) in [6, 6.07) is 3.94. The molecule has 0 saturated carbocycles. The molecule has 17 heavy (non-hydrogen) atoms. The molecule has 5 heteroatoms. The first kappa shape index (κ1) is 14.2. The van der Waals surface area contributed by atoms with Gasteiger partial charge in [-0.25, -0.2) is 0 Å². The Bertz CT molecular complexity index is 306. The number of nitrogens with zero attached hydrogens (tertiary/aromatic N) is 1. The molecule has 0 radical (unpaired) electrons. The van der Waals surface area contributed by atoms with Gasteiger partial charge in [-0.1, -0.05) is 6.07 Å². The Morgan fingerprint density at radius 2 is 1.94 bits per heavy atom. The number of ether oxygens (including phenoxy) is 2. The average molecular weight is 257 g/mol. The zero-order valence-corrected chi connectivity index (χ0v) is 11.2. The molecule has 0 aliphatic carbocycles. The van der Waals surface area contributed by atoms with Gasteiger partial charge in [0.25, 0.3) is 0 Å². The van der Waals surface area contributed by atoms with Gasteiger partial charge in [0.2, 0.25) is 5.91 Å². The number of carbonyl (C=O) groups excluding carboxylic acids is 1. The summed E-state index contributed by atoms with van der Waals surface area (Å²) in [6.07, 6.45) is 0.463. The Balaban J connectivity index is 2.46. The topological polar surface area (TPSA) is 38.8 Å². The molecule has 0 unspecified atom stereocenters. The highest BCUT2D eigenvalue weighted by Crippen LogP contribution is 2.10. The molecule has 96 valence electrons. The van der Waals surface area contributed by atoms with Gasteiger partial charge in [-0.3, -0.25) is 4.79 Å². The van der Waals surface area contributed by atoms with Crippen molar-refractivity contribution >= 4 is 17.2 Å². The van der Waals surface area contributed by atoms with E-state index in [1.54, 1.807) is 30.5 Å². The number of hydrogen-bond acceptors (Lipinski definition) is 4. The summed E-state index contributed by atoms with van der Waals surface area (Å²) >= 11 is 1.61. The maximum Gasteiger partial charge on any atom is 0.227 e. The first-order valence-electron chi connectivity index (χ1n) is 5.56. The van der Waals surface area contributed by atoms with Crippen LogP contribution in [0.5, 0.6) is 0 Å². The first-order chi connectivity index (χ1) is 8.27. The first-order valence-corrected chi connectivity index (χ1v) is 6.44. The molecule has 1 amide bonds. The van der Waals surface area contributed by atoms with E-state index in [0.29, 0.717) is 32.7 Å². The third kappa shape index (κ3) is 5.30. The molecule has 0 fully saturated rings. The van der Waals surface area contributed by atoms with Crippen molar-refractivity contribution in [3.8, 4) is 0 Å². The number of amides is 1. The molecule has 0 spiro atoms. The molecular formula is C12H19NO3S. The number of thiophene rings is 1. The lowest BCUT2D eigenvalue weighted by atomic mass is 10.3. The van der Waals surface area contributed by atoms with Gasteiger partial charge in [-0.2, -0.15) is 0 Å². The summed E-state index contributed by atoms with van der Waals surface area (Å²) in [7, 11) is 3.27. The van der Waals surface area contributed by atoms with Crippen LogP contribution >= 0.6 is 11.3 Å². The summed E-state index contributed by atoms with van der Waals surface area (Å²) in [5.74, 6) is 0.126. The van der Waals surface area contributed by atoms with Crippen LogP contribution in [0.15, 0.2) is 17.5 Å². The lowest BCUT2D eigenvalue weighted by Gasteiger charge is -2.21. The number of carbonyl (C=O) groups is 1. The predicted molar refractivity (Wildman–Crippen MR) is 68.4 cm³/mol. The third-order valence-corrected chi connectivity index (χ3v) is 3.27. The van der Waals surface area contributed by atoms with Gasteiger partial charge in [-0.15, -0.1) is 11.3 Å². The Morgan fingerprint density at radius 1 is 1.29 bits per heavy atom. The molecule has 1 aromatic heterocycles. The smallest absolute Gasteiger partial charge is 0.227 e. The van der Waals surface area contributed by atoms with Gasteiger partial charge in [0.05, 0.1) is 19.6 Å². The lowest BCUT2D eigenvalue weighted by Crippen LogP contribution is -2.37. The Kier molecular flexibility index (Phi) is 6.84. The van der Waals surface area contributed by atoms with E-state index >= 15 is 0 Å². The van der Waals surface area contributed by atoms with E-state index in [4.69, 9.17) is 9.47 Å². The van der Waals surface area contributed by atoms with Crippen LogP contribution in [0, 0.1) is 0 Å². The van der Waals surface area contributed by atoms with Gasteiger partial charge < -0.3 is 14.4 Å². The second-order valence-corrected chi connectivity index (χ2v) is 4.65. The largest absolute Gasteiger partial charge is 0.383 e. The molecule has 0 atom stereocenters. The number of rotatable bonds is 8. The molecule has 0 aliphatic rings. The van der Waals surface area contributed by atoms with Crippen molar-refractivity contribution in [3.05, 3.63) is 22.4 Å². The van der Waals surface area contributed by atoms with Crippen LogP contribution in [0.2, 0.25) is 0 Å². The second kappa shape index (κ2) is 8.22. The van der Waals surface area contributed by atoms with Gasteiger partial charge >= 0.3 is 0 Å². The Labute approximate surface area is 106 Å². The van der Waals surface area contributed by atoms with Crippen LogP contribution in [-0.4, -0.2) is 51.3 Å². The minimum absolute atomic E-state index is 0.126. The molecule has 0 saturated heterocycles. The summed E-state index contributed by atoms with van der Waals surface area (Å²) < 4.78 is 10.0.